The van der Waals surface area contributed by atoms with Crippen molar-refractivity contribution in [1.82, 2.24) is 0 Å². The third-order valence-electron chi connectivity index (χ3n) is 10.3. The molecule has 0 unspecified atom stereocenters. The van der Waals surface area contributed by atoms with Gasteiger partial charge in [-0.2, -0.15) is 0 Å². The Balaban J connectivity index is 1.10. The Labute approximate surface area is 302 Å². The van der Waals surface area contributed by atoms with Gasteiger partial charge in [0.25, 0.3) is 0 Å². The van der Waals surface area contributed by atoms with E-state index < -0.39 is 0 Å². The molecular formula is C50H33NO. The number of hydrogen-bond acceptors (Lipinski definition) is 2. The van der Waals surface area contributed by atoms with Crippen LogP contribution in [0.3, 0.4) is 0 Å². The van der Waals surface area contributed by atoms with Crippen LogP contribution in [0, 0.1) is 0 Å². The maximum Gasteiger partial charge on any atom is 0.136 e. The fraction of sp³-hybridized carbons (Fsp3) is 0. The maximum absolute atomic E-state index is 6.24. The molecule has 0 N–H and O–H groups in total. The van der Waals surface area contributed by atoms with Crippen LogP contribution in [0.5, 0.6) is 0 Å². The van der Waals surface area contributed by atoms with Crippen molar-refractivity contribution in [2.75, 3.05) is 4.90 Å². The van der Waals surface area contributed by atoms with Crippen LogP contribution >= 0.6 is 0 Å². The molecule has 9 aromatic carbocycles. The van der Waals surface area contributed by atoms with Gasteiger partial charge in [-0.3, -0.25) is 0 Å². The molecule has 10 rings (SSSR count). The second-order valence-electron chi connectivity index (χ2n) is 13.3. The Morgan fingerprint density at radius 2 is 0.885 bits per heavy atom. The van der Waals surface area contributed by atoms with Crippen LogP contribution in [0.15, 0.2) is 205 Å². The number of fused-ring (bicyclic) bond motifs is 6. The summed E-state index contributed by atoms with van der Waals surface area (Å²) in [7, 11) is 0. The summed E-state index contributed by atoms with van der Waals surface area (Å²) in [5, 5.41) is 7.07. The molecule has 0 aliphatic rings. The minimum Gasteiger partial charge on any atom is -0.456 e. The van der Waals surface area contributed by atoms with Crippen molar-refractivity contribution < 1.29 is 4.42 Å². The summed E-state index contributed by atoms with van der Waals surface area (Å²) in [4.78, 5) is 2.38. The molecule has 1 aromatic heterocycles. The predicted octanol–water partition coefficient (Wildman–Crippen LogP) is 14.4. The minimum absolute atomic E-state index is 0.916. The monoisotopic (exact) mass is 663 g/mol. The largest absolute Gasteiger partial charge is 0.456 e. The normalized spacial score (nSPS) is 11.5. The minimum atomic E-state index is 0.916. The number of anilines is 3. The average Bonchev–Trinajstić information content (AvgIpc) is 3.58. The third kappa shape index (κ3) is 5.04. The van der Waals surface area contributed by atoms with Crippen LogP contribution < -0.4 is 4.90 Å². The van der Waals surface area contributed by atoms with Crippen molar-refractivity contribution in [2.45, 2.75) is 0 Å². The average molecular weight is 664 g/mol. The number of para-hydroxylation sites is 2. The number of furan rings is 1. The molecular weight excluding hydrogens is 631 g/mol. The van der Waals surface area contributed by atoms with Crippen molar-refractivity contribution >= 4 is 60.5 Å². The van der Waals surface area contributed by atoms with Gasteiger partial charge in [-0.1, -0.05) is 152 Å². The number of rotatable bonds is 6. The Morgan fingerprint density at radius 1 is 0.308 bits per heavy atom. The van der Waals surface area contributed by atoms with Gasteiger partial charge >= 0.3 is 0 Å². The van der Waals surface area contributed by atoms with Crippen LogP contribution in [0.1, 0.15) is 0 Å². The van der Waals surface area contributed by atoms with Gasteiger partial charge in [-0.05, 0) is 98.1 Å². The topological polar surface area (TPSA) is 16.4 Å². The predicted molar refractivity (Wildman–Crippen MR) is 220 cm³/mol. The standard InChI is InChI=1S/C50H33NO/c1-3-14-34(15-4-1)39-18-7-9-20-41(39)42-21-10-8-19-40(42)35-26-29-38(30-27-35)51(37-16-5-2-6-17-37)48-24-13-23-43-44(48)31-28-36-32-50-47(33-46(36)43)45-22-11-12-25-49(45)52-50/h1-33H. The summed E-state index contributed by atoms with van der Waals surface area (Å²) in [5.74, 6) is 0. The second-order valence-corrected chi connectivity index (χ2v) is 13.3. The lowest BCUT2D eigenvalue weighted by Gasteiger charge is -2.27. The van der Waals surface area contributed by atoms with E-state index in [1.54, 1.807) is 0 Å². The van der Waals surface area contributed by atoms with Gasteiger partial charge in [0.15, 0.2) is 0 Å². The molecule has 0 aliphatic carbocycles. The molecule has 0 radical (unpaired) electrons. The fourth-order valence-corrected chi connectivity index (χ4v) is 7.84. The molecule has 2 heteroatoms. The van der Waals surface area contributed by atoms with E-state index in [0.29, 0.717) is 0 Å². The van der Waals surface area contributed by atoms with Crippen LogP contribution in [-0.2, 0) is 0 Å². The number of hydrogen-bond donors (Lipinski definition) is 0. The Kier molecular flexibility index (Phi) is 7.18. The van der Waals surface area contributed by atoms with Gasteiger partial charge < -0.3 is 9.32 Å². The molecule has 0 amide bonds. The first-order chi connectivity index (χ1) is 25.8. The van der Waals surface area contributed by atoms with Gasteiger partial charge in [-0.15, -0.1) is 0 Å². The molecule has 0 spiro atoms. The Morgan fingerprint density at radius 3 is 1.62 bits per heavy atom. The van der Waals surface area contributed by atoms with E-state index in [4.69, 9.17) is 4.42 Å². The lowest BCUT2D eigenvalue weighted by molar-refractivity contribution is 0.669. The van der Waals surface area contributed by atoms with Crippen LogP contribution in [0.25, 0.3) is 76.9 Å². The van der Waals surface area contributed by atoms with E-state index in [9.17, 15) is 0 Å². The van der Waals surface area contributed by atoms with Crippen molar-refractivity contribution in [3.8, 4) is 33.4 Å². The Bertz CT molecular complexity index is 2890. The molecule has 0 aliphatic heterocycles. The van der Waals surface area contributed by atoms with Gasteiger partial charge in [0.2, 0.25) is 0 Å². The van der Waals surface area contributed by atoms with E-state index in [-0.39, 0.29) is 0 Å². The van der Waals surface area contributed by atoms with Crippen LogP contribution in [-0.4, -0.2) is 0 Å². The smallest absolute Gasteiger partial charge is 0.136 e. The van der Waals surface area contributed by atoms with Crippen molar-refractivity contribution in [1.29, 1.82) is 0 Å². The third-order valence-corrected chi connectivity index (χ3v) is 10.3. The highest BCUT2D eigenvalue weighted by molar-refractivity contribution is 6.18. The van der Waals surface area contributed by atoms with Gasteiger partial charge in [0.1, 0.15) is 11.2 Å². The molecule has 0 saturated heterocycles. The summed E-state index contributed by atoms with van der Waals surface area (Å²) >= 11 is 0. The molecule has 0 fully saturated rings. The van der Waals surface area contributed by atoms with Crippen LogP contribution in [0.4, 0.5) is 17.1 Å². The van der Waals surface area contributed by atoms with Gasteiger partial charge in [-0.25, -0.2) is 0 Å². The molecule has 244 valence electrons. The summed E-state index contributed by atoms with van der Waals surface area (Å²) in [6.45, 7) is 0. The van der Waals surface area contributed by atoms with Crippen molar-refractivity contribution in [2.24, 2.45) is 0 Å². The van der Waals surface area contributed by atoms with Gasteiger partial charge in [0, 0.05) is 27.5 Å². The lowest BCUT2D eigenvalue weighted by atomic mass is 9.89. The van der Waals surface area contributed by atoms with Crippen molar-refractivity contribution in [3.05, 3.63) is 200 Å². The summed E-state index contributed by atoms with van der Waals surface area (Å²) in [6.07, 6.45) is 0. The lowest BCUT2D eigenvalue weighted by Crippen LogP contribution is -2.10. The maximum atomic E-state index is 6.24. The van der Waals surface area contributed by atoms with E-state index in [1.807, 2.05) is 12.1 Å². The molecule has 1 heterocycles. The second kappa shape index (κ2) is 12.5. The van der Waals surface area contributed by atoms with E-state index in [1.165, 1.54) is 54.9 Å². The van der Waals surface area contributed by atoms with Crippen LogP contribution in [0.2, 0.25) is 0 Å². The first kappa shape index (κ1) is 30.0. The van der Waals surface area contributed by atoms with E-state index in [2.05, 4.69) is 193 Å². The highest BCUT2D eigenvalue weighted by atomic mass is 16.3. The molecule has 2 nitrogen and oxygen atoms in total. The molecule has 0 saturated carbocycles. The van der Waals surface area contributed by atoms with E-state index >= 15 is 0 Å². The summed E-state index contributed by atoms with van der Waals surface area (Å²) in [5.41, 5.74) is 12.4. The van der Waals surface area contributed by atoms with Gasteiger partial charge in [0.05, 0.1) is 5.69 Å². The molecule has 10 aromatic rings. The first-order valence-corrected chi connectivity index (χ1v) is 17.8. The molecule has 0 bridgehead atoms. The molecule has 52 heavy (non-hydrogen) atoms. The zero-order valence-electron chi connectivity index (χ0n) is 28.4. The SMILES string of the molecule is c1ccc(-c2ccccc2-c2ccccc2-c2ccc(N(c3ccccc3)c3cccc4c3ccc3cc5oc6ccccc6c5cc34)cc2)cc1. The summed E-state index contributed by atoms with van der Waals surface area (Å²) in [6, 6.07) is 71.7. The fourth-order valence-electron chi connectivity index (χ4n) is 7.84. The zero-order valence-corrected chi connectivity index (χ0v) is 28.4. The number of nitrogens with zero attached hydrogens (tertiary/aromatic N) is 1. The quantitative estimate of drug-likeness (QED) is 0.165. The van der Waals surface area contributed by atoms with Crippen molar-refractivity contribution in [3.63, 3.8) is 0 Å². The highest BCUT2D eigenvalue weighted by Gasteiger charge is 2.18. The first-order valence-electron chi connectivity index (χ1n) is 17.8. The highest BCUT2D eigenvalue weighted by Crippen LogP contribution is 2.43. The number of benzene rings is 9. The summed E-state index contributed by atoms with van der Waals surface area (Å²) < 4.78 is 6.24. The molecule has 0 atom stereocenters. The van der Waals surface area contributed by atoms with E-state index in [0.717, 1.165) is 39.0 Å². The Hall–Kier alpha value is -6.90. The zero-order chi connectivity index (χ0) is 34.4.